The van der Waals surface area contributed by atoms with Gasteiger partial charge in [-0.25, -0.2) is 0 Å². The minimum atomic E-state index is -0.314. The van der Waals surface area contributed by atoms with Crippen molar-refractivity contribution in [2.24, 2.45) is 5.92 Å². The molecule has 0 bridgehead atoms. The third-order valence-electron chi connectivity index (χ3n) is 4.17. The Bertz CT molecular complexity index is 739. The lowest BCUT2D eigenvalue weighted by Gasteiger charge is -2.10. The monoisotopic (exact) mass is 251 g/mol. The molecule has 2 heteroatoms. The molecule has 1 aromatic heterocycles. The van der Waals surface area contributed by atoms with Crippen molar-refractivity contribution >= 4 is 21.8 Å². The molecule has 3 aromatic rings. The lowest BCUT2D eigenvalue weighted by Crippen LogP contribution is -1.98. The molecule has 1 aliphatic rings. The van der Waals surface area contributed by atoms with E-state index in [-0.39, 0.29) is 6.10 Å². The summed E-state index contributed by atoms with van der Waals surface area (Å²) in [5.74, 6) is 0.744. The number of hydrogen-bond donors (Lipinski definition) is 2. The second-order valence-electron chi connectivity index (χ2n) is 5.67. The van der Waals surface area contributed by atoms with E-state index >= 15 is 0 Å². The van der Waals surface area contributed by atoms with Crippen LogP contribution in [0.1, 0.15) is 30.9 Å². The van der Waals surface area contributed by atoms with Gasteiger partial charge in [-0.3, -0.25) is 0 Å². The first-order chi connectivity index (χ1) is 9.31. The number of H-pyrrole nitrogens is 1. The summed E-state index contributed by atoms with van der Waals surface area (Å²) in [4.78, 5) is 3.42. The number of hydrogen-bond acceptors (Lipinski definition) is 1. The molecule has 1 atom stereocenters. The second-order valence-corrected chi connectivity index (χ2v) is 5.67. The highest BCUT2D eigenvalue weighted by Crippen LogP contribution is 2.38. The predicted octanol–water partition coefficient (Wildman–Crippen LogP) is 4.15. The number of nitrogens with one attached hydrogen (secondary N) is 1. The zero-order valence-corrected chi connectivity index (χ0v) is 10.8. The second kappa shape index (κ2) is 4.10. The zero-order chi connectivity index (χ0) is 12.8. The lowest BCUT2D eigenvalue weighted by atomic mass is 10.0. The van der Waals surface area contributed by atoms with Gasteiger partial charge < -0.3 is 10.1 Å². The van der Waals surface area contributed by atoms with Crippen LogP contribution in [0.15, 0.2) is 42.5 Å². The molecular weight excluding hydrogens is 234 g/mol. The molecule has 1 heterocycles. The van der Waals surface area contributed by atoms with E-state index in [1.807, 2.05) is 12.1 Å². The highest BCUT2D eigenvalue weighted by Gasteiger charge is 2.25. The fourth-order valence-electron chi connectivity index (χ4n) is 2.88. The maximum Gasteiger partial charge on any atom is 0.0792 e. The third-order valence-corrected chi connectivity index (χ3v) is 4.17. The molecular formula is C17H17NO. The molecule has 4 rings (SSSR count). The molecule has 1 unspecified atom stereocenters. The molecule has 0 aliphatic heterocycles. The minimum Gasteiger partial charge on any atom is -0.388 e. The molecule has 1 saturated carbocycles. The first-order valence-corrected chi connectivity index (χ1v) is 7.00. The highest BCUT2D eigenvalue weighted by atomic mass is 16.3. The number of aromatic amines is 1. The van der Waals surface area contributed by atoms with Gasteiger partial charge >= 0.3 is 0 Å². The van der Waals surface area contributed by atoms with Gasteiger partial charge in [-0.2, -0.15) is 0 Å². The van der Waals surface area contributed by atoms with E-state index in [0.29, 0.717) is 0 Å². The number of benzene rings is 2. The first-order valence-electron chi connectivity index (χ1n) is 7.00. The van der Waals surface area contributed by atoms with Crippen LogP contribution >= 0.6 is 0 Å². The number of fused-ring (bicyclic) bond motifs is 3. The summed E-state index contributed by atoms with van der Waals surface area (Å²) in [5.41, 5.74) is 3.35. The number of rotatable bonds is 3. The molecule has 0 spiro atoms. The summed E-state index contributed by atoms with van der Waals surface area (Å²) < 4.78 is 0. The number of para-hydroxylation sites is 1. The van der Waals surface area contributed by atoms with Gasteiger partial charge in [0.2, 0.25) is 0 Å². The van der Waals surface area contributed by atoms with Crippen molar-refractivity contribution in [3.63, 3.8) is 0 Å². The number of aliphatic hydroxyl groups excluding tert-OH is 1. The Balaban J connectivity index is 1.82. The van der Waals surface area contributed by atoms with E-state index < -0.39 is 0 Å². The van der Waals surface area contributed by atoms with Crippen LogP contribution < -0.4 is 0 Å². The van der Waals surface area contributed by atoms with Crippen molar-refractivity contribution in [1.29, 1.82) is 0 Å². The summed E-state index contributed by atoms with van der Waals surface area (Å²) in [6.45, 7) is 0. The van der Waals surface area contributed by atoms with Crippen LogP contribution in [0.25, 0.3) is 21.8 Å². The van der Waals surface area contributed by atoms with E-state index in [0.717, 1.165) is 28.9 Å². The molecule has 0 saturated heterocycles. The van der Waals surface area contributed by atoms with Crippen LogP contribution in [0.4, 0.5) is 0 Å². The van der Waals surface area contributed by atoms with E-state index in [1.54, 1.807) is 0 Å². The van der Waals surface area contributed by atoms with Crippen LogP contribution in [0.3, 0.4) is 0 Å². The highest BCUT2D eigenvalue weighted by molar-refractivity contribution is 6.07. The fraction of sp³-hybridized carbons (Fsp3) is 0.294. The molecule has 2 aromatic carbocycles. The van der Waals surface area contributed by atoms with Crippen LogP contribution in [0.5, 0.6) is 0 Å². The average molecular weight is 251 g/mol. The minimum absolute atomic E-state index is 0.314. The fourth-order valence-corrected chi connectivity index (χ4v) is 2.88. The predicted molar refractivity (Wildman–Crippen MR) is 78.1 cm³/mol. The molecule has 0 radical (unpaired) electrons. The quantitative estimate of drug-likeness (QED) is 0.720. The summed E-state index contributed by atoms with van der Waals surface area (Å²) in [6.07, 6.45) is 3.16. The molecule has 2 nitrogen and oxygen atoms in total. The summed E-state index contributed by atoms with van der Waals surface area (Å²) >= 11 is 0. The average Bonchev–Trinajstić information content (AvgIpc) is 3.17. The van der Waals surface area contributed by atoms with Crippen LogP contribution in [0.2, 0.25) is 0 Å². The van der Waals surface area contributed by atoms with Crippen LogP contribution in [0, 0.1) is 5.92 Å². The van der Waals surface area contributed by atoms with Crippen molar-refractivity contribution in [2.45, 2.75) is 25.4 Å². The van der Waals surface area contributed by atoms with Gasteiger partial charge in [0.05, 0.1) is 6.10 Å². The van der Waals surface area contributed by atoms with Gasteiger partial charge in [0, 0.05) is 21.8 Å². The Hall–Kier alpha value is -1.80. The maximum absolute atomic E-state index is 10.3. The van der Waals surface area contributed by atoms with Crippen molar-refractivity contribution in [2.75, 3.05) is 0 Å². The van der Waals surface area contributed by atoms with Gasteiger partial charge in [-0.05, 0) is 36.1 Å². The standard InChI is InChI=1S/C17H17NO/c19-17(9-11-5-6-11)12-7-8-16-14(10-12)13-3-1-2-4-15(13)18-16/h1-4,7-8,10-11,17-19H,5-6,9H2. The zero-order valence-electron chi connectivity index (χ0n) is 10.8. The van der Waals surface area contributed by atoms with Crippen LogP contribution in [-0.2, 0) is 0 Å². The summed E-state index contributed by atoms with van der Waals surface area (Å²) in [5, 5.41) is 12.7. The third kappa shape index (κ3) is 1.92. The smallest absolute Gasteiger partial charge is 0.0792 e. The van der Waals surface area contributed by atoms with Crippen molar-refractivity contribution in [3.8, 4) is 0 Å². The molecule has 96 valence electrons. The van der Waals surface area contributed by atoms with E-state index in [9.17, 15) is 5.11 Å². The van der Waals surface area contributed by atoms with Crippen molar-refractivity contribution in [3.05, 3.63) is 48.0 Å². The van der Waals surface area contributed by atoms with Crippen LogP contribution in [-0.4, -0.2) is 10.1 Å². The Labute approximate surface area is 112 Å². The van der Waals surface area contributed by atoms with E-state index in [2.05, 4.69) is 35.3 Å². The molecule has 1 aliphatic carbocycles. The SMILES string of the molecule is OC(CC1CC1)c1ccc2[nH]c3ccccc3c2c1. The topological polar surface area (TPSA) is 36.0 Å². The Morgan fingerprint density at radius 2 is 1.84 bits per heavy atom. The molecule has 1 fully saturated rings. The Morgan fingerprint density at radius 1 is 1.05 bits per heavy atom. The molecule has 0 amide bonds. The summed E-state index contributed by atoms with van der Waals surface area (Å²) in [7, 11) is 0. The normalized spacial score (nSPS) is 17.1. The Morgan fingerprint density at radius 3 is 2.68 bits per heavy atom. The molecule has 2 N–H and O–H groups in total. The van der Waals surface area contributed by atoms with Gasteiger partial charge in [-0.15, -0.1) is 0 Å². The summed E-state index contributed by atoms with van der Waals surface area (Å²) in [6, 6.07) is 14.6. The molecule has 19 heavy (non-hydrogen) atoms. The maximum atomic E-state index is 10.3. The number of aliphatic hydroxyl groups is 1. The number of aromatic nitrogens is 1. The Kier molecular flexibility index (Phi) is 2.39. The van der Waals surface area contributed by atoms with E-state index in [1.165, 1.54) is 23.6 Å². The van der Waals surface area contributed by atoms with E-state index in [4.69, 9.17) is 0 Å². The van der Waals surface area contributed by atoms with Gasteiger partial charge in [0.25, 0.3) is 0 Å². The van der Waals surface area contributed by atoms with Crippen molar-refractivity contribution < 1.29 is 5.11 Å². The van der Waals surface area contributed by atoms with Crippen molar-refractivity contribution in [1.82, 2.24) is 4.98 Å². The van der Waals surface area contributed by atoms with Gasteiger partial charge in [0.15, 0.2) is 0 Å². The first kappa shape index (κ1) is 11.1. The van der Waals surface area contributed by atoms with Gasteiger partial charge in [-0.1, -0.05) is 37.1 Å². The van der Waals surface area contributed by atoms with Gasteiger partial charge in [0.1, 0.15) is 0 Å². The lowest BCUT2D eigenvalue weighted by molar-refractivity contribution is 0.160. The largest absolute Gasteiger partial charge is 0.388 e.